The summed E-state index contributed by atoms with van der Waals surface area (Å²) in [4.78, 5) is 10.2. The van der Waals surface area contributed by atoms with Gasteiger partial charge < -0.3 is 9.88 Å². The van der Waals surface area contributed by atoms with E-state index in [-0.39, 0.29) is 0 Å². The van der Waals surface area contributed by atoms with E-state index in [1.54, 1.807) is 0 Å². The zero-order chi connectivity index (χ0) is 9.38. The molecule has 1 aliphatic heterocycles. The third kappa shape index (κ3) is 1.16. The minimum absolute atomic E-state index is 1.03. The molecule has 1 N–H and O–H groups in total. The van der Waals surface area contributed by atoms with Crippen LogP contribution in [-0.4, -0.2) is 23.1 Å². The average molecular weight is 187 g/mol. The topological polar surface area (TPSA) is 31.9 Å². The predicted octanol–water partition coefficient (Wildman–Crippen LogP) is 2.16. The SMILES string of the molecule is c1ccc2[nH]c(N3CCCC3)nc2c1. The van der Waals surface area contributed by atoms with Gasteiger partial charge in [-0.25, -0.2) is 4.98 Å². The Balaban J connectivity index is 2.05. The third-order valence-corrected chi connectivity index (χ3v) is 2.78. The Morgan fingerprint density at radius 3 is 2.71 bits per heavy atom. The van der Waals surface area contributed by atoms with E-state index >= 15 is 0 Å². The standard InChI is InChI=1S/C11H13N3/c1-2-6-10-9(5-1)12-11(13-10)14-7-3-4-8-14/h1-2,5-6H,3-4,7-8H2,(H,12,13). The van der Waals surface area contributed by atoms with Crippen LogP contribution in [-0.2, 0) is 0 Å². The van der Waals surface area contributed by atoms with Crippen LogP contribution in [0.5, 0.6) is 0 Å². The molecule has 3 heteroatoms. The highest BCUT2D eigenvalue weighted by Crippen LogP contribution is 2.20. The van der Waals surface area contributed by atoms with Crippen molar-refractivity contribution in [1.82, 2.24) is 9.97 Å². The van der Waals surface area contributed by atoms with Gasteiger partial charge in [0.25, 0.3) is 0 Å². The summed E-state index contributed by atoms with van der Waals surface area (Å²) in [5.41, 5.74) is 2.20. The van der Waals surface area contributed by atoms with Crippen molar-refractivity contribution in [1.29, 1.82) is 0 Å². The van der Waals surface area contributed by atoms with Crippen molar-refractivity contribution in [2.75, 3.05) is 18.0 Å². The number of nitrogens with zero attached hydrogens (tertiary/aromatic N) is 2. The van der Waals surface area contributed by atoms with Crippen LogP contribution in [0, 0.1) is 0 Å². The summed E-state index contributed by atoms with van der Waals surface area (Å²) in [6.45, 7) is 2.28. The summed E-state index contributed by atoms with van der Waals surface area (Å²) < 4.78 is 0. The van der Waals surface area contributed by atoms with Crippen molar-refractivity contribution in [3.05, 3.63) is 24.3 Å². The second-order valence-corrected chi connectivity index (χ2v) is 3.77. The van der Waals surface area contributed by atoms with Crippen LogP contribution in [0.4, 0.5) is 5.95 Å². The molecule has 1 aromatic heterocycles. The molecule has 72 valence electrons. The molecule has 0 unspecified atom stereocenters. The largest absolute Gasteiger partial charge is 0.342 e. The van der Waals surface area contributed by atoms with Crippen LogP contribution in [0.25, 0.3) is 11.0 Å². The summed E-state index contributed by atoms with van der Waals surface area (Å²) >= 11 is 0. The normalized spacial score (nSPS) is 16.7. The molecule has 3 nitrogen and oxygen atoms in total. The van der Waals surface area contributed by atoms with Gasteiger partial charge in [0.1, 0.15) is 0 Å². The smallest absolute Gasteiger partial charge is 0.203 e. The lowest BCUT2D eigenvalue weighted by Gasteiger charge is -2.12. The lowest BCUT2D eigenvalue weighted by atomic mass is 10.3. The minimum Gasteiger partial charge on any atom is -0.342 e. The third-order valence-electron chi connectivity index (χ3n) is 2.78. The predicted molar refractivity (Wildman–Crippen MR) is 57.5 cm³/mol. The quantitative estimate of drug-likeness (QED) is 0.742. The summed E-state index contributed by atoms with van der Waals surface area (Å²) in [6, 6.07) is 8.18. The average Bonchev–Trinajstić information content (AvgIpc) is 2.86. The van der Waals surface area contributed by atoms with Gasteiger partial charge >= 0.3 is 0 Å². The van der Waals surface area contributed by atoms with Crippen LogP contribution in [0.2, 0.25) is 0 Å². The first-order chi connectivity index (χ1) is 6.93. The Morgan fingerprint density at radius 2 is 1.93 bits per heavy atom. The van der Waals surface area contributed by atoms with Crippen LogP contribution in [0.1, 0.15) is 12.8 Å². The number of anilines is 1. The molecule has 1 aliphatic rings. The van der Waals surface area contributed by atoms with Crippen molar-refractivity contribution < 1.29 is 0 Å². The second kappa shape index (κ2) is 3.01. The number of benzene rings is 1. The Kier molecular flexibility index (Phi) is 1.69. The van der Waals surface area contributed by atoms with Gasteiger partial charge in [-0.2, -0.15) is 0 Å². The highest BCUT2D eigenvalue weighted by molar-refractivity contribution is 5.77. The number of H-pyrrole nitrogens is 1. The van der Waals surface area contributed by atoms with Crippen molar-refractivity contribution in [3.63, 3.8) is 0 Å². The van der Waals surface area contributed by atoms with E-state index in [0.29, 0.717) is 0 Å². The monoisotopic (exact) mass is 187 g/mol. The molecule has 0 radical (unpaired) electrons. The molecular formula is C11H13N3. The Labute approximate surface area is 82.8 Å². The van der Waals surface area contributed by atoms with Gasteiger partial charge in [0.15, 0.2) is 0 Å². The Hall–Kier alpha value is -1.51. The van der Waals surface area contributed by atoms with Crippen LogP contribution < -0.4 is 4.90 Å². The maximum atomic E-state index is 4.57. The summed E-state index contributed by atoms with van der Waals surface area (Å²) in [6.07, 6.45) is 2.58. The van der Waals surface area contributed by atoms with E-state index in [2.05, 4.69) is 20.9 Å². The highest BCUT2D eigenvalue weighted by atomic mass is 15.3. The molecule has 2 aromatic rings. The van der Waals surface area contributed by atoms with E-state index < -0.39 is 0 Å². The number of aromatic nitrogens is 2. The van der Waals surface area contributed by atoms with E-state index in [9.17, 15) is 0 Å². The summed E-state index contributed by atoms with van der Waals surface area (Å²) in [7, 11) is 0. The summed E-state index contributed by atoms with van der Waals surface area (Å²) in [5, 5.41) is 0. The first-order valence-corrected chi connectivity index (χ1v) is 5.13. The van der Waals surface area contributed by atoms with Crippen molar-refractivity contribution in [2.45, 2.75) is 12.8 Å². The van der Waals surface area contributed by atoms with Gasteiger partial charge in [0, 0.05) is 13.1 Å². The molecule has 1 fully saturated rings. The molecule has 0 atom stereocenters. The first-order valence-electron chi connectivity index (χ1n) is 5.13. The van der Waals surface area contributed by atoms with E-state index in [0.717, 1.165) is 30.1 Å². The maximum Gasteiger partial charge on any atom is 0.203 e. The van der Waals surface area contributed by atoms with Gasteiger partial charge in [0.05, 0.1) is 11.0 Å². The lowest BCUT2D eigenvalue weighted by Crippen LogP contribution is -2.18. The molecule has 1 aromatic carbocycles. The number of fused-ring (bicyclic) bond motifs is 1. The molecule has 3 rings (SSSR count). The van der Waals surface area contributed by atoms with Gasteiger partial charge in [-0.15, -0.1) is 0 Å². The molecule has 14 heavy (non-hydrogen) atoms. The van der Waals surface area contributed by atoms with E-state index in [4.69, 9.17) is 0 Å². The summed E-state index contributed by atoms with van der Waals surface area (Å²) in [5.74, 6) is 1.03. The fraction of sp³-hybridized carbons (Fsp3) is 0.364. The minimum atomic E-state index is 1.03. The van der Waals surface area contributed by atoms with Crippen molar-refractivity contribution >= 4 is 17.0 Å². The van der Waals surface area contributed by atoms with E-state index in [1.807, 2.05) is 18.2 Å². The second-order valence-electron chi connectivity index (χ2n) is 3.77. The fourth-order valence-corrected chi connectivity index (χ4v) is 2.02. The Morgan fingerprint density at radius 1 is 1.14 bits per heavy atom. The highest BCUT2D eigenvalue weighted by Gasteiger charge is 2.15. The van der Waals surface area contributed by atoms with Crippen molar-refractivity contribution in [3.8, 4) is 0 Å². The van der Waals surface area contributed by atoms with Gasteiger partial charge in [-0.1, -0.05) is 12.1 Å². The van der Waals surface area contributed by atoms with Crippen LogP contribution in [0.3, 0.4) is 0 Å². The van der Waals surface area contributed by atoms with E-state index in [1.165, 1.54) is 12.8 Å². The Bertz CT molecular complexity index is 407. The van der Waals surface area contributed by atoms with Crippen LogP contribution in [0.15, 0.2) is 24.3 Å². The lowest BCUT2D eigenvalue weighted by molar-refractivity contribution is 0.922. The van der Waals surface area contributed by atoms with Gasteiger partial charge in [-0.3, -0.25) is 0 Å². The number of para-hydroxylation sites is 2. The number of hydrogen-bond donors (Lipinski definition) is 1. The molecule has 1 saturated heterocycles. The first kappa shape index (κ1) is 7.85. The number of aromatic amines is 1. The van der Waals surface area contributed by atoms with Crippen LogP contribution >= 0.6 is 0 Å². The fourth-order valence-electron chi connectivity index (χ4n) is 2.02. The zero-order valence-electron chi connectivity index (χ0n) is 8.03. The molecule has 0 amide bonds. The number of imidazole rings is 1. The van der Waals surface area contributed by atoms with Gasteiger partial charge in [0.2, 0.25) is 5.95 Å². The molecular weight excluding hydrogens is 174 g/mol. The number of nitrogens with one attached hydrogen (secondary N) is 1. The number of hydrogen-bond acceptors (Lipinski definition) is 2. The molecule has 0 saturated carbocycles. The maximum absolute atomic E-state index is 4.57. The number of rotatable bonds is 1. The molecule has 0 bridgehead atoms. The van der Waals surface area contributed by atoms with Gasteiger partial charge in [-0.05, 0) is 25.0 Å². The molecule has 0 spiro atoms. The molecule has 2 heterocycles. The van der Waals surface area contributed by atoms with Crippen molar-refractivity contribution in [2.24, 2.45) is 0 Å². The zero-order valence-corrected chi connectivity index (χ0v) is 8.03. The molecule has 0 aliphatic carbocycles.